The van der Waals surface area contributed by atoms with Crippen LogP contribution in [0.15, 0.2) is 5.16 Å². The number of aromatic nitrogens is 3. The van der Waals surface area contributed by atoms with Crippen molar-refractivity contribution < 1.29 is 9.90 Å². The third kappa shape index (κ3) is 2.62. The highest BCUT2D eigenvalue weighted by atomic mass is 32.2. The van der Waals surface area contributed by atoms with E-state index in [1.165, 1.54) is 11.8 Å². The minimum absolute atomic E-state index is 0.325. The molecule has 15 heavy (non-hydrogen) atoms. The molecule has 6 nitrogen and oxygen atoms in total. The number of rotatable bonds is 4. The summed E-state index contributed by atoms with van der Waals surface area (Å²) in [5.74, 6) is -0.0790. The van der Waals surface area contributed by atoms with Crippen molar-refractivity contribution in [2.24, 2.45) is 12.5 Å². The SMILES string of the molecule is Cn1c(N)nnc1SCC(C)(C)C(=O)O. The molecule has 1 heterocycles. The largest absolute Gasteiger partial charge is 0.481 e. The Kier molecular flexibility index (Phi) is 3.23. The highest BCUT2D eigenvalue weighted by molar-refractivity contribution is 7.99. The summed E-state index contributed by atoms with van der Waals surface area (Å²) in [5, 5.41) is 17.1. The first kappa shape index (κ1) is 11.8. The summed E-state index contributed by atoms with van der Waals surface area (Å²) in [6.07, 6.45) is 0. The van der Waals surface area contributed by atoms with Gasteiger partial charge in [0.15, 0.2) is 5.16 Å². The molecule has 0 aromatic carbocycles. The number of anilines is 1. The normalized spacial score (nSPS) is 11.7. The maximum Gasteiger partial charge on any atom is 0.309 e. The van der Waals surface area contributed by atoms with Crippen molar-refractivity contribution in [1.29, 1.82) is 0 Å². The van der Waals surface area contributed by atoms with Crippen LogP contribution in [0.2, 0.25) is 0 Å². The van der Waals surface area contributed by atoms with Gasteiger partial charge in [-0.2, -0.15) is 0 Å². The molecule has 0 aliphatic rings. The van der Waals surface area contributed by atoms with E-state index in [2.05, 4.69) is 10.2 Å². The lowest BCUT2D eigenvalue weighted by atomic mass is 9.97. The Bertz CT molecular complexity index is 375. The number of hydrogen-bond donors (Lipinski definition) is 2. The van der Waals surface area contributed by atoms with Gasteiger partial charge in [0.05, 0.1) is 5.41 Å². The van der Waals surface area contributed by atoms with E-state index < -0.39 is 11.4 Å². The number of nitrogens with zero attached hydrogens (tertiary/aromatic N) is 3. The second kappa shape index (κ2) is 4.09. The van der Waals surface area contributed by atoms with Gasteiger partial charge in [-0.15, -0.1) is 10.2 Å². The van der Waals surface area contributed by atoms with E-state index in [9.17, 15) is 4.79 Å². The van der Waals surface area contributed by atoms with Crippen molar-refractivity contribution in [2.75, 3.05) is 11.5 Å². The van der Waals surface area contributed by atoms with Gasteiger partial charge >= 0.3 is 5.97 Å². The fourth-order valence-corrected chi connectivity index (χ4v) is 1.76. The highest BCUT2D eigenvalue weighted by Crippen LogP contribution is 2.26. The first-order valence-electron chi connectivity index (χ1n) is 4.35. The summed E-state index contributed by atoms with van der Waals surface area (Å²) in [5.41, 5.74) is 4.71. The summed E-state index contributed by atoms with van der Waals surface area (Å²) in [4.78, 5) is 10.9. The Hall–Kier alpha value is -1.24. The standard InChI is InChI=1S/C8H14N4O2S/c1-8(2,5(13)14)4-15-7-11-10-6(9)12(7)3/h4H2,1-3H3,(H2,9,10)(H,13,14). The topological polar surface area (TPSA) is 94.0 Å². The molecule has 0 unspecified atom stereocenters. The summed E-state index contributed by atoms with van der Waals surface area (Å²) < 4.78 is 1.63. The number of carboxylic acid groups (broad SMARTS) is 1. The molecule has 1 aromatic heterocycles. The lowest BCUT2D eigenvalue weighted by Gasteiger charge is -2.17. The Labute approximate surface area is 91.9 Å². The minimum atomic E-state index is -0.829. The van der Waals surface area contributed by atoms with Crippen molar-refractivity contribution in [3.8, 4) is 0 Å². The summed E-state index contributed by atoms with van der Waals surface area (Å²) in [7, 11) is 1.74. The number of thioether (sulfide) groups is 1. The fraction of sp³-hybridized carbons (Fsp3) is 0.625. The molecule has 0 amide bonds. The molecule has 0 saturated heterocycles. The van der Waals surface area contributed by atoms with E-state index in [0.29, 0.717) is 16.9 Å². The monoisotopic (exact) mass is 230 g/mol. The molecule has 0 atom stereocenters. The number of aliphatic carboxylic acids is 1. The van der Waals surface area contributed by atoms with Gasteiger partial charge in [-0.05, 0) is 13.8 Å². The third-order valence-electron chi connectivity index (χ3n) is 2.01. The van der Waals surface area contributed by atoms with Gasteiger partial charge in [-0.3, -0.25) is 9.36 Å². The van der Waals surface area contributed by atoms with Crippen molar-refractivity contribution in [1.82, 2.24) is 14.8 Å². The smallest absolute Gasteiger partial charge is 0.309 e. The van der Waals surface area contributed by atoms with Crippen molar-refractivity contribution in [3.63, 3.8) is 0 Å². The molecule has 0 aliphatic carbocycles. The second-order valence-corrected chi connectivity index (χ2v) is 4.82. The second-order valence-electron chi connectivity index (χ2n) is 3.88. The molecule has 0 saturated carbocycles. The van der Waals surface area contributed by atoms with Crippen molar-refractivity contribution >= 4 is 23.7 Å². The van der Waals surface area contributed by atoms with Crippen LogP contribution in [0.1, 0.15) is 13.8 Å². The Morgan fingerprint density at radius 2 is 2.20 bits per heavy atom. The van der Waals surface area contributed by atoms with Gasteiger partial charge in [0.2, 0.25) is 5.95 Å². The maximum atomic E-state index is 10.9. The van der Waals surface area contributed by atoms with E-state index in [1.54, 1.807) is 25.5 Å². The van der Waals surface area contributed by atoms with Crippen LogP contribution in [0.5, 0.6) is 0 Å². The van der Waals surface area contributed by atoms with E-state index in [0.717, 1.165) is 0 Å². The van der Waals surface area contributed by atoms with Gasteiger partial charge in [-0.1, -0.05) is 11.8 Å². The van der Waals surface area contributed by atoms with Gasteiger partial charge in [0, 0.05) is 12.8 Å². The Morgan fingerprint density at radius 1 is 1.60 bits per heavy atom. The first-order valence-corrected chi connectivity index (χ1v) is 5.34. The maximum absolute atomic E-state index is 10.9. The van der Waals surface area contributed by atoms with Gasteiger partial charge < -0.3 is 10.8 Å². The van der Waals surface area contributed by atoms with Crippen LogP contribution >= 0.6 is 11.8 Å². The quantitative estimate of drug-likeness (QED) is 0.736. The van der Waals surface area contributed by atoms with E-state index in [1.807, 2.05) is 0 Å². The van der Waals surface area contributed by atoms with E-state index >= 15 is 0 Å². The van der Waals surface area contributed by atoms with Crippen molar-refractivity contribution in [2.45, 2.75) is 19.0 Å². The zero-order valence-corrected chi connectivity index (χ0v) is 9.71. The van der Waals surface area contributed by atoms with Gasteiger partial charge in [0.1, 0.15) is 0 Å². The van der Waals surface area contributed by atoms with E-state index in [-0.39, 0.29) is 0 Å². The molecule has 0 spiro atoms. The fourth-order valence-electron chi connectivity index (χ4n) is 0.759. The molecular formula is C8H14N4O2S. The van der Waals surface area contributed by atoms with Crippen LogP contribution in [-0.2, 0) is 11.8 Å². The lowest BCUT2D eigenvalue weighted by Crippen LogP contribution is -2.26. The van der Waals surface area contributed by atoms with Crippen LogP contribution in [0.4, 0.5) is 5.95 Å². The third-order valence-corrected chi connectivity index (χ3v) is 3.49. The van der Waals surface area contributed by atoms with Gasteiger partial charge in [0.25, 0.3) is 0 Å². The number of nitrogens with two attached hydrogens (primary N) is 1. The number of carbonyl (C=O) groups is 1. The first-order chi connectivity index (χ1) is 6.84. The zero-order valence-electron chi connectivity index (χ0n) is 8.89. The minimum Gasteiger partial charge on any atom is -0.481 e. The van der Waals surface area contributed by atoms with Crippen molar-refractivity contribution in [3.05, 3.63) is 0 Å². The Balaban J connectivity index is 2.65. The van der Waals surface area contributed by atoms with Crippen LogP contribution in [0.25, 0.3) is 0 Å². The number of nitrogen functional groups attached to an aromatic ring is 1. The van der Waals surface area contributed by atoms with Crippen LogP contribution < -0.4 is 5.73 Å². The van der Waals surface area contributed by atoms with Crippen LogP contribution in [-0.4, -0.2) is 31.6 Å². The average Bonchev–Trinajstić information content (AvgIpc) is 2.45. The summed E-state index contributed by atoms with van der Waals surface area (Å²) in [6, 6.07) is 0. The average molecular weight is 230 g/mol. The van der Waals surface area contributed by atoms with Crippen LogP contribution in [0.3, 0.4) is 0 Å². The molecule has 7 heteroatoms. The summed E-state index contributed by atoms with van der Waals surface area (Å²) in [6.45, 7) is 3.34. The molecule has 3 N–H and O–H groups in total. The Morgan fingerprint density at radius 3 is 2.60 bits per heavy atom. The van der Waals surface area contributed by atoms with Crippen LogP contribution in [0, 0.1) is 5.41 Å². The summed E-state index contributed by atoms with van der Waals surface area (Å²) >= 11 is 1.33. The molecule has 84 valence electrons. The van der Waals surface area contributed by atoms with E-state index in [4.69, 9.17) is 10.8 Å². The predicted octanol–water partition coefficient (Wildman–Crippen LogP) is 0.600. The number of hydrogen-bond acceptors (Lipinski definition) is 5. The zero-order chi connectivity index (χ0) is 11.6. The molecule has 0 aliphatic heterocycles. The molecular weight excluding hydrogens is 216 g/mol. The lowest BCUT2D eigenvalue weighted by molar-refractivity contribution is -0.145. The molecule has 1 rings (SSSR count). The highest BCUT2D eigenvalue weighted by Gasteiger charge is 2.28. The molecule has 0 radical (unpaired) electrons. The number of carboxylic acids is 1. The molecule has 0 fully saturated rings. The molecule has 0 bridgehead atoms. The van der Waals surface area contributed by atoms with Gasteiger partial charge in [-0.25, -0.2) is 0 Å². The predicted molar refractivity (Wildman–Crippen MR) is 57.6 cm³/mol. The molecule has 1 aromatic rings.